The number of nitrogens with zero attached hydrogens (tertiary/aromatic N) is 3. The van der Waals surface area contributed by atoms with Crippen LogP contribution in [0.1, 0.15) is 67.6 Å². The lowest BCUT2D eigenvalue weighted by atomic mass is 9.71. The average Bonchev–Trinajstić information content (AvgIpc) is 3.42. The molecule has 2 fully saturated rings. The molecular formula is C31H33F6N5O5. The Balaban J connectivity index is 1.51. The number of carboxylic acids is 1. The summed E-state index contributed by atoms with van der Waals surface area (Å²) in [4.78, 5) is 42.3. The fraction of sp³-hybridized carbons (Fsp3) is 0.516. The van der Waals surface area contributed by atoms with E-state index in [2.05, 4.69) is 22.3 Å². The van der Waals surface area contributed by atoms with Gasteiger partial charge in [0.25, 0.3) is 0 Å². The number of ether oxygens (including phenoxy) is 1. The summed E-state index contributed by atoms with van der Waals surface area (Å²) in [5, 5.41) is 18.6. The highest BCUT2D eigenvalue weighted by Gasteiger charge is 2.57. The van der Waals surface area contributed by atoms with Gasteiger partial charge in [0.15, 0.2) is 11.1 Å². The van der Waals surface area contributed by atoms with Crippen molar-refractivity contribution < 1.29 is 50.6 Å². The topological polar surface area (TPSA) is 135 Å². The maximum absolute atomic E-state index is 14.3. The molecule has 1 saturated carbocycles. The third-order valence-corrected chi connectivity index (χ3v) is 9.07. The number of alkyl halides is 6. The number of alkyl carbamates (subject to hydrolysis) is 1. The minimum absolute atomic E-state index is 0.0276. The van der Waals surface area contributed by atoms with Gasteiger partial charge in [0.05, 0.1) is 35.1 Å². The van der Waals surface area contributed by atoms with Gasteiger partial charge in [0.2, 0.25) is 5.91 Å². The van der Waals surface area contributed by atoms with Crippen molar-refractivity contribution in [2.75, 3.05) is 6.54 Å². The number of rotatable bonds is 8. The van der Waals surface area contributed by atoms with Gasteiger partial charge in [-0.3, -0.25) is 9.59 Å². The van der Waals surface area contributed by atoms with Crippen LogP contribution in [0.25, 0.3) is 5.65 Å². The van der Waals surface area contributed by atoms with Crippen molar-refractivity contribution >= 4 is 23.6 Å². The van der Waals surface area contributed by atoms with Crippen LogP contribution in [0.5, 0.6) is 0 Å². The first-order valence-electron chi connectivity index (χ1n) is 15.1. The summed E-state index contributed by atoms with van der Waals surface area (Å²) in [5.74, 6) is -5.35. The zero-order valence-electron chi connectivity index (χ0n) is 25.2. The molecule has 16 heteroatoms. The van der Waals surface area contributed by atoms with Crippen molar-refractivity contribution in [3.8, 4) is 0 Å². The number of hydrogen-bond donors (Lipinski definition) is 3. The van der Waals surface area contributed by atoms with Crippen LogP contribution in [0.4, 0.5) is 31.1 Å². The molecule has 2 aliphatic rings. The lowest BCUT2D eigenvalue weighted by Crippen LogP contribution is -2.57. The van der Waals surface area contributed by atoms with E-state index >= 15 is 0 Å². The maximum atomic E-state index is 14.3. The highest BCUT2D eigenvalue weighted by Crippen LogP contribution is 2.43. The summed E-state index contributed by atoms with van der Waals surface area (Å²) in [6.07, 6.45) is -8.99. The third-order valence-electron chi connectivity index (χ3n) is 9.07. The summed E-state index contributed by atoms with van der Waals surface area (Å²) >= 11 is 0. The number of aromatic nitrogens is 3. The molecule has 3 heterocycles. The van der Waals surface area contributed by atoms with Gasteiger partial charge in [-0.2, -0.15) is 31.4 Å². The highest BCUT2D eigenvalue weighted by molar-refractivity contribution is 6.02. The van der Waals surface area contributed by atoms with Crippen LogP contribution in [0.15, 0.2) is 42.6 Å². The second-order valence-electron chi connectivity index (χ2n) is 12.4. The Morgan fingerprint density at radius 3 is 2.43 bits per heavy atom. The molecule has 10 nitrogen and oxygen atoms in total. The molecule has 0 radical (unpaired) electrons. The summed E-state index contributed by atoms with van der Waals surface area (Å²) in [6, 6.07) is 8.73. The fourth-order valence-corrected chi connectivity index (χ4v) is 6.35. The molecule has 1 unspecified atom stereocenters. The molecule has 3 atom stereocenters. The number of piperidine rings is 1. The van der Waals surface area contributed by atoms with E-state index in [0.29, 0.717) is 24.8 Å². The molecule has 254 valence electrons. The second-order valence-corrected chi connectivity index (χ2v) is 12.4. The number of carboxylic acid groups (broad SMARTS) is 1. The zero-order chi connectivity index (χ0) is 34.1. The first-order chi connectivity index (χ1) is 22.1. The van der Waals surface area contributed by atoms with Gasteiger partial charge in [0, 0.05) is 13.0 Å². The highest BCUT2D eigenvalue weighted by atomic mass is 19.4. The number of amides is 2. The van der Waals surface area contributed by atoms with Crippen molar-refractivity contribution in [3.05, 3.63) is 65.1 Å². The van der Waals surface area contributed by atoms with E-state index in [1.807, 2.05) is 5.32 Å². The van der Waals surface area contributed by atoms with Crippen LogP contribution in [0.2, 0.25) is 0 Å². The molecule has 2 amide bonds. The van der Waals surface area contributed by atoms with Crippen LogP contribution in [-0.4, -0.2) is 50.4 Å². The molecule has 1 aromatic carbocycles. The normalized spacial score (nSPS) is 24.4. The van der Waals surface area contributed by atoms with Gasteiger partial charge in [-0.15, -0.1) is 0 Å². The number of carbonyl (C=O) groups is 3. The van der Waals surface area contributed by atoms with E-state index < -0.39 is 78.3 Å². The molecule has 5 rings (SSSR count). The average molecular weight is 670 g/mol. The first-order valence-corrected chi connectivity index (χ1v) is 15.1. The summed E-state index contributed by atoms with van der Waals surface area (Å²) in [6.45, 7) is 1.17. The lowest BCUT2D eigenvalue weighted by molar-refractivity contribution is -0.194. The van der Waals surface area contributed by atoms with Crippen LogP contribution in [-0.2, 0) is 33.5 Å². The number of hydrogen-bond acceptors (Lipinski definition) is 6. The van der Waals surface area contributed by atoms with Gasteiger partial charge >= 0.3 is 24.4 Å². The predicted octanol–water partition coefficient (Wildman–Crippen LogP) is 5.85. The molecule has 3 aromatic rings. The van der Waals surface area contributed by atoms with Gasteiger partial charge in [-0.1, -0.05) is 50.1 Å². The molecule has 3 N–H and O–H groups in total. The third kappa shape index (κ3) is 7.46. The van der Waals surface area contributed by atoms with Crippen LogP contribution >= 0.6 is 0 Å². The van der Waals surface area contributed by atoms with E-state index in [1.54, 1.807) is 30.3 Å². The van der Waals surface area contributed by atoms with E-state index in [-0.39, 0.29) is 23.9 Å². The Morgan fingerprint density at radius 1 is 1.13 bits per heavy atom. The smallest absolute Gasteiger partial charge is 0.418 e. The molecule has 1 aliphatic carbocycles. The number of aliphatic carboxylic acids is 1. The number of imidazole rings is 1. The van der Waals surface area contributed by atoms with Gasteiger partial charge in [-0.05, 0) is 42.7 Å². The minimum atomic E-state index is -5.12. The van der Waals surface area contributed by atoms with Crippen molar-refractivity contribution in [3.63, 3.8) is 0 Å². The Bertz CT molecular complexity index is 1620. The summed E-state index contributed by atoms with van der Waals surface area (Å²) in [7, 11) is 0. The number of carbonyl (C=O) groups excluding carboxylic acids is 2. The van der Waals surface area contributed by atoms with E-state index in [1.165, 1.54) is 6.20 Å². The van der Waals surface area contributed by atoms with E-state index in [0.717, 1.165) is 22.9 Å². The Labute approximate surface area is 264 Å². The summed E-state index contributed by atoms with van der Waals surface area (Å²) < 4.78 is 90.1. The van der Waals surface area contributed by atoms with Gasteiger partial charge < -0.3 is 20.5 Å². The molecule has 0 bridgehead atoms. The first kappa shape index (κ1) is 34.0. The van der Waals surface area contributed by atoms with Crippen molar-refractivity contribution in [1.29, 1.82) is 0 Å². The summed E-state index contributed by atoms with van der Waals surface area (Å²) in [5.41, 5.74) is -4.64. The molecule has 2 aromatic heterocycles. The van der Waals surface area contributed by atoms with Crippen molar-refractivity contribution in [2.24, 2.45) is 23.2 Å². The number of benzene rings is 1. The maximum Gasteiger partial charge on any atom is 0.418 e. The second kappa shape index (κ2) is 13.0. The standard InChI is InChI=1S/C31H33F6N5O5/c1-17-7-9-19(10-8-17)25(40-28(46)47-16-18-5-3-2-4-6-18)23-15-42-24(39-23)11-21(31(35,36)37)22(41-42)13-29(27(44)45)12-20(30(32,33)34)14-38-26(29)43/h2-6,11,15,17,19-20,25H,7-10,12-14,16H2,1H3,(H,38,43)(H,40,46)(H,44,45)/t17?,19?,20-,25+,29?/m1/s1. The Kier molecular flexibility index (Phi) is 9.42. The Morgan fingerprint density at radius 2 is 1.81 bits per heavy atom. The lowest BCUT2D eigenvalue weighted by Gasteiger charge is -2.37. The quantitative estimate of drug-likeness (QED) is 0.202. The van der Waals surface area contributed by atoms with E-state index in [4.69, 9.17) is 4.74 Å². The molecule has 0 spiro atoms. The number of fused-ring (bicyclic) bond motifs is 1. The fourth-order valence-electron chi connectivity index (χ4n) is 6.35. The van der Waals surface area contributed by atoms with Crippen LogP contribution < -0.4 is 10.6 Å². The van der Waals surface area contributed by atoms with E-state index in [9.17, 15) is 45.8 Å². The molecule has 47 heavy (non-hydrogen) atoms. The number of nitrogens with one attached hydrogen (secondary N) is 2. The minimum Gasteiger partial charge on any atom is -0.480 e. The molecule has 1 aliphatic heterocycles. The van der Waals surface area contributed by atoms with Gasteiger partial charge in [0.1, 0.15) is 6.61 Å². The van der Waals surface area contributed by atoms with Crippen molar-refractivity contribution in [2.45, 2.75) is 70.4 Å². The molecule has 1 saturated heterocycles. The molecular weight excluding hydrogens is 636 g/mol. The van der Waals surface area contributed by atoms with Gasteiger partial charge in [-0.25, -0.2) is 14.3 Å². The SMILES string of the molecule is CC1CCC([C@H](NC(=O)OCc2ccccc2)c2cn3nc(CC4(C(=O)O)C[C@@H](C(F)(F)F)CNC4=O)c(C(F)(F)F)cc3n2)CC1. The number of halogens is 6. The zero-order valence-corrected chi connectivity index (χ0v) is 25.2. The predicted molar refractivity (Wildman–Crippen MR) is 153 cm³/mol. The van der Waals surface area contributed by atoms with Crippen LogP contribution in [0, 0.1) is 23.2 Å². The largest absolute Gasteiger partial charge is 0.480 e. The van der Waals surface area contributed by atoms with Crippen LogP contribution in [0.3, 0.4) is 0 Å². The monoisotopic (exact) mass is 669 g/mol. The Hall–Kier alpha value is -4.37. The van der Waals surface area contributed by atoms with Crippen molar-refractivity contribution in [1.82, 2.24) is 25.2 Å².